The summed E-state index contributed by atoms with van der Waals surface area (Å²) in [5.41, 5.74) is 9.72. The van der Waals surface area contributed by atoms with Crippen LogP contribution in [0.3, 0.4) is 0 Å². The number of benzene rings is 2. The Morgan fingerprint density at radius 3 is 2.38 bits per heavy atom. The molecule has 0 radical (unpaired) electrons. The van der Waals surface area contributed by atoms with Crippen LogP contribution in [0.25, 0.3) is 28.1 Å². The van der Waals surface area contributed by atoms with E-state index in [1.165, 1.54) is 0 Å². The third-order valence-electron chi connectivity index (χ3n) is 4.78. The van der Waals surface area contributed by atoms with Crippen molar-refractivity contribution in [3.8, 4) is 34.3 Å². The molecule has 0 amide bonds. The first-order valence-corrected chi connectivity index (χ1v) is 8.96. The maximum Gasteiger partial charge on any atom is 0.152 e. The highest BCUT2D eigenvalue weighted by Crippen LogP contribution is 2.42. The zero-order valence-electron chi connectivity index (χ0n) is 16.4. The average molecular weight is 394 g/mol. The van der Waals surface area contributed by atoms with Crippen LogP contribution in [0, 0.1) is 0 Å². The van der Waals surface area contributed by atoms with Gasteiger partial charge in [-0.3, -0.25) is 4.57 Å². The summed E-state index contributed by atoms with van der Waals surface area (Å²) in [6.45, 7) is 0.149. The van der Waals surface area contributed by atoms with Gasteiger partial charge in [0.15, 0.2) is 5.75 Å². The Morgan fingerprint density at radius 1 is 1.07 bits per heavy atom. The second-order valence-electron chi connectivity index (χ2n) is 6.50. The number of H-pyrrole nitrogens is 1. The molecule has 2 aromatic carbocycles. The number of hydrogen-bond acceptors (Lipinski definition) is 6. The maximum absolute atomic E-state index is 11.0. The molecule has 0 spiro atoms. The van der Waals surface area contributed by atoms with Crippen molar-refractivity contribution in [2.24, 2.45) is 0 Å². The molecule has 0 aliphatic carbocycles. The number of nitrogens with one attached hydrogen (secondary N) is 1. The number of aromatic nitrogens is 3. The number of fused-ring (bicyclic) bond motifs is 1. The first kappa shape index (κ1) is 18.7. The Labute approximate surface area is 167 Å². The lowest BCUT2D eigenvalue weighted by Crippen LogP contribution is -2.06. The van der Waals surface area contributed by atoms with Gasteiger partial charge in [0.1, 0.15) is 28.7 Å². The number of anilines is 1. The van der Waals surface area contributed by atoms with Crippen molar-refractivity contribution in [2.75, 3.05) is 27.1 Å². The van der Waals surface area contributed by atoms with Crippen LogP contribution in [0.1, 0.15) is 5.69 Å². The highest BCUT2D eigenvalue weighted by molar-refractivity contribution is 5.86. The second kappa shape index (κ2) is 7.40. The Kier molecular flexibility index (Phi) is 4.77. The van der Waals surface area contributed by atoms with Gasteiger partial charge in [0.25, 0.3) is 0 Å². The SMILES string of the molecule is COCc1c(O)c(-c2nc3ccccc3[nH]2)c(N)n1-c1cc(OC)cc(OC)c1. The lowest BCUT2D eigenvalue weighted by molar-refractivity contribution is 0.177. The van der Waals surface area contributed by atoms with E-state index in [1.54, 1.807) is 44.1 Å². The van der Waals surface area contributed by atoms with E-state index in [1.807, 2.05) is 24.3 Å². The van der Waals surface area contributed by atoms with Crippen LogP contribution < -0.4 is 15.2 Å². The Bertz CT molecular complexity index is 1120. The smallest absolute Gasteiger partial charge is 0.152 e. The van der Waals surface area contributed by atoms with E-state index in [4.69, 9.17) is 19.9 Å². The third kappa shape index (κ3) is 3.13. The van der Waals surface area contributed by atoms with Gasteiger partial charge < -0.3 is 30.0 Å². The molecule has 0 unspecified atom stereocenters. The maximum atomic E-state index is 11.0. The minimum absolute atomic E-state index is 0.00481. The highest BCUT2D eigenvalue weighted by atomic mass is 16.5. The Morgan fingerprint density at radius 2 is 1.76 bits per heavy atom. The summed E-state index contributed by atoms with van der Waals surface area (Å²) in [5.74, 6) is 2.00. The van der Waals surface area contributed by atoms with Crippen LogP contribution in [0.2, 0.25) is 0 Å². The van der Waals surface area contributed by atoms with E-state index < -0.39 is 0 Å². The van der Waals surface area contributed by atoms with E-state index in [0.29, 0.717) is 40.1 Å². The summed E-state index contributed by atoms with van der Waals surface area (Å²) in [4.78, 5) is 7.80. The number of nitrogens with two attached hydrogens (primary N) is 1. The topological polar surface area (TPSA) is 108 Å². The molecule has 29 heavy (non-hydrogen) atoms. The quantitative estimate of drug-likeness (QED) is 0.462. The minimum Gasteiger partial charge on any atom is -0.505 e. The molecule has 8 heteroatoms. The van der Waals surface area contributed by atoms with Crippen LogP contribution in [-0.4, -0.2) is 41.0 Å². The van der Waals surface area contributed by atoms with Gasteiger partial charge in [0.05, 0.1) is 43.2 Å². The van der Waals surface area contributed by atoms with Crippen LogP contribution in [0.4, 0.5) is 5.82 Å². The van der Waals surface area contributed by atoms with Gasteiger partial charge in [0, 0.05) is 25.3 Å². The van der Waals surface area contributed by atoms with E-state index in [9.17, 15) is 5.11 Å². The van der Waals surface area contributed by atoms with Crippen LogP contribution in [-0.2, 0) is 11.3 Å². The fourth-order valence-corrected chi connectivity index (χ4v) is 3.42. The molecule has 2 heterocycles. The molecule has 0 aliphatic rings. The number of aromatic hydroxyl groups is 1. The number of methoxy groups -OCH3 is 3. The van der Waals surface area contributed by atoms with Crippen molar-refractivity contribution in [3.05, 3.63) is 48.2 Å². The Balaban J connectivity index is 1.97. The van der Waals surface area contributed by atoms with Gasteiger partial charge in [-0.2, -0.15) is 0 Å². The van der Waals surface area contributed by atoms with Crippen LogP contribution in [0.15, 0.2) is 42.5 Å². The number of imidazole rings is 1. The van der Waals surface area contributed by atoms with Crippen molar-refractivity contribution in [2.45, 2.75) is 6.61 Å². The van der Waals surface area contributed by atoms with Crippen molar-refractivity contribution < 1.29 is 19.3 Å². The summed E-state index contributed by atoms with van der Waals surface area (Å²) in [6, 6.07) is 13.0. The van der Waals surface area contributed by atoms with Crippen molar-refractivity contribution in [3.63, 3.8) is 0 Å². The zero-order valence-corrected chi connectivity index (χ0v) is 16.4. The molecule has 8 nitrogen and oxygen atoms in total. The second-order valence-corrected chi connectivity index (χ2v) is 6.50. The molecule has 4 rings (SSSR count). The molecule has 0 fully saturated rings. The highest BCUT2D eigenvalue weighted by Gasteiger charge is 2.25. The Hall–Kier alpha value is -3.65. The first-order valence-electron chi connectivity index (χ1n) is 8.96. The van der Waals surface area contributed by atoms with Gasteiger partial charge in [-0.25, -0.2) is 4.98 Å². The number of aromatic amines is 1. The fraction of sp³-hybridized carbons (Fsp3) is 0.190. The molecule has 0 atom stereocenters. The number of nitrogen functional groups attached to an aromatic ring is 1. The molecule has 4 N–H and O–H groups in total. The van der Waals surface area contributed by atoms with E-state index in [-0.39, 0.29) is 12.4 Å². The van der Waals surface area contributed by atoms with Crippen molar-refractivity contribution in [1.82, 2.24) is 14.5 Å². The van der Waals surface area contributed by atoms with E-state index in [0.717, 1.165) is 11.0 Å². The molecule has 0 aliphatic heterocycles. The monoisotopic (exact) mass is 394 g/mol. The average Bonchev–Trinajstić information content (AvgIpc) is 3.26. The van der Waals surface area contributed by atoms with Crippen molar-refractivity contribution in [1.29, 1.82) is 0 Å². The summed E-state index contributed by atoms with van der Waals surface area (Å²) >= 11 is 0. The van der Waals surface area contributed by atoms with Crippen LogP contribution in [0.5, 0.6) is 17.2 Å². The molecular weight excluding hydrogens is 372 g/mol. The lowest BCUT2D eigenvalue weighted by Gasteiger charge is -2.14. The van der Waals surface area contributed by atoms with Gasteiger partial charge in [-0.1, -0.05) is 12.1 Å². The summed E-state index contributed by atoms with van der Waals surface area (Å²) in [5, 5.41) is 11.0. The minimum atomic E-state index is 0.00481. The lowest BCUT2D eigenvalue weighted by atomic mass is 10.2. The van der Waals surface area contributed by atoms with Gasteiger partial charge >= 0.3 is 0 Å². The normalized spacial score (nSPS) is 11.1. The third-order valence-corrected chi connectivity index (χ3v) is 4.78. The predicted molar refractivity (Wildman–Crippen MR) is 111 cm³/mol. The molecule has 2 aromatic heterocycles. The fourth-order valence-electron chi connectivity index (χ4n) is 3.42. The largest absolute Gasteiger partial charge is 0.505 e. The molecule has 0 bridgehead atoms. The predicted octanol–water partition coefficient (Wildman–Crippen LogP) is 3.47. The van der Waals surface area contributed by atoms with Gasteiger partial charge in [-0.15, -0.1) is 0 Å². The standard InChI is InChI=1S/C21H22N4O4/c1-27-11-17-19(26)18(21-23-15-6-4-5-7-16(15)24-21)20(22)25(17)12-8-13(28-2)10-14(9-12)29-3/h4-10,26H,11,22H2,1-3H3,(H,23,24). The molecule has 0 saturated heterocycles. The molecule has 0 saturated carbocycles. The molecular formula is C21H22N4O4. The molecule has 4 aromatic rings. The van der Waals surface area contributed by atoms with Gasteiger partial charge in [0.2, 0.25) is 0 Å². The number of nitrogens with zero attached hydrogens (tertiary/aromatic N) is 2. The number of ether oxygens (including phenoxy) is 3. The summed E-state index contributed by atoms with van der Waals surface area (Å²) < 4.78 is 17.8. The van der Waals surface area contributed by atoms with E-state index >= 15 is 0 Å². The number of para-hydroxylation sites is 2. The van der Waals surface area contributed by atoms with E-state index in [2.05, 4.69) is 9.97 Å². The van der Waals surface area contributed by atoms with Gasteiger partial charge in [-0.05, 0) is 12.1 Å². The zero-order chi connectivity index (χ0) is 20.5. The number of hydrogen-bond donors (Lipinski definition) is 3. The summed E-state index contributed by atoms with van der Waals surface area (Å²) in [7, 11) is 4.70. The summed E-state index contributed by atoms with van der Waals surface area (Å²) in [6.07, 6.45) is 0. The first-order chi connectivity index (χ1) is 14.1. The molecule has 150 valence electrons. The van der Waals surface area contributed by atoms with Crippen LogP contribution >= 0.6 is 0 Å². The number of rotatable bonds is 6. The van der Waals surface area contributed by atoms with Crippen molar-refractivity contribution >= 4 is 16.9 Å².